The van der Waals surface area contributed by atoms with Crippen LogP contribution in [0.5, 0.6) is 0 Å². The number of hydrogen-bond acceptors (Lipinski definition) is 1. The minimum Gasteiger partial charge on any atom is -0.326 e. The van der Waals surface area contributed by atoms with E-state index in [2.05, 4.69) is 19.2 Å². The average Bonchev–Trinajstić information content (AvgIpc) is 2.61. The minimum atomic E-state index is -4.33. The molecule has 146 valence electrons. The molecule has 2 aromatic carbocycles. The number of halogens is 3. The van der Waals surface area contributed by atoms with Gasteiger partial charge in [0.05, 0.1) is 12.6 Å². The average molecular weight is 379 g/mol. The fourth-order valence-corrected chi connectivity index (χ4v) is 2.95. The molecular formula is C21H26F3N2O+. The Morgan fingerprint density at radius 3 is 2.33 bits per heavy atom. The molecule has 0 saturated heterocycles. The molecule has 2 N–H and O–H groups in total. The molecule has 1 unspecified atom stereocenters. The molecule has 6 heteroatoms. The van der Waals surface area contributed by atoms with E-state index in [0.29, 0.717) is 12.5 Å². The third kappa shape index (κ3) is 6.10. The van der Waals surface area contributed by atoms with Crippen molar-refractivity contribution in [1.82, 2.24) is 0 Å². The fourth-order valence-electron chi connectivity index (χ4n) is 2.95. The molecule has 27 heavy (non-hydrogen) atoms. The summed E-state index contributed by atoms with van der Waals surface area (Å²) in [7, 11) is 1.85. The molecule has 0 spiro atoms. The second-order valence-electron chi connectivity index (χ2n) is 6.95. The van der Waals surface area contributed by atoms with Crippen molar-refractivity contribution in [3.8, 4) is 0 Å². The van der Waals surface area contributed by atoms with E-state index in [1.807, 2.05) is 31.3 Å². The molecule has 0 aliphatic rings. The molecule has 0 radical (unpaired) electrons. The number of nitrogens with one attached hydrogen (secondary N) is 2. The first-order valence-corrected chi connectivity index (χ1v) is 9.07. The number of hydrogen-bond donors (Lipinski definition) is 2. The first-order chi connectivity index (χ1) is 12.7. The summed E-state index contributed by atoms with van der Waals surface area (Å²) in [6.45, 7) is 4.92. The summed E-state index contributed by atoms with van der Waals surface area (Å²) in [5.41, 5.74) is 2.02. The van der Waals surface area contributed by atoms with Gasteiger partial charge < -0.3 is 10.2 Å². The third-order valence-corrected chi connectivity index (χ3v) is 4.63. The first kappa shape index (κ1) is 21.0. The monoisotopic (exact) mass is 379 g/mol. The van der Waals surface area contributed by atoms with Gasteiger partial charge in [-0.15, -0.1) is 0 Å². The van der Waals surface area contributed by atoms with Gasteiger partial charge in [0.25, 0.3) is 5.91 Å². The van der Waals surface area contributed by atoms with Crippen molar-refractivity contribution in [1.29, 1.82) is 0 Å². The lowest BCUT2D eigenvalue weighted by molar-refractivity contribution is -0.885. The number of amides is 1. The summed E-state index contributed by atoms with van der Waals surface area (Å²) in [5, 5.41) is 2.96. The van der Waals surface area contributed by atoms with Crippen LogP contribution in [-0.4, -0.2) is 19.5 Å². The standard InChI is InChI=1S/C21H25F3N2O/c1-4-15(2)18-7-5-6-8-19(18)25-20(27)14-26(3)13-16-9-11-17(12-10-16)21(22,23)24/h5-12,15H,4,13-14H2,1-3H3,(H,25,27)/p+1/t15-/m0/s1. The molecule has 2 atom stereocenters. The van der Waals surface area contributed by atoms with Gasteiger partial charge in [0.15, 0.2) is 6.54 Å². The van der Waals surface area contributed by atoms with Crippen molar-refractivity contribution in [2.24, 2.45) is 0 Å². The van der Waals surface area contributed by atoms with Crippen molar-refractivity contribution in [2.45, 2.75) is 38.9 Å². The van der Waals surface area contributed by atoms with Crippen LogP contribution >= 0.6 is 0 Å². The second kappa shape index (κ2) is 9.04. The number of benzene rings is 2. The van der Waals surface area contributed by atoms with Crippen LogP contribution in [0.3, 0.4) is 0 Å². The normalized spacial score (nSPS) is 13.9. The largest absolute Gasteiger partial charge is 0.416 e. The maximum atomic E-state index is 12.6. The van der Waals surface area contributed by atoms with Crippen molar-refractivity contribution in [3.63, 3.8) is 0 Å². The second-order valence-corrected chi connectivity index (χ2v) is 6.95. The lowest BCUT2D eigenvalue weighted by Gasteiger charge is -2.17. The molecule has 0 bridgehead atoms. The zero-order chi connectivity index (χ0) is 20.0. The Morgan fingerprint density at radius 2 is 1.74 bits per heavy atom. The van der Waals surface area contributed by atoms with E-state index in [9.17, 15) is 18.0 Å². The Balaban J connectivity index is 1.94. The van der Waals surface area contributed by atoms with Crippen LogP contribution in [0.25, 0.3) is 0 Å². The van der Waals surface area contributed by atoms with Gasteiger partial charge in [0, 0.05) is 11.3 Å². The summed E-state index contributed by atoms with van der Waals surface area (Å²) in [5.74, 6) is 0.230. The van der Waals surface area contributed by atoms with Crippen LogP contribution in [-0.2, 0) is 17.5 Å². The van der Waals surface area contributed by atoms with Gasteiger partial charge in [0.1, 0.15) is 6.54 Å². The van der Waals surface area contributed by atoms with E-state index in [-0.39, 0.29) is 12.5 Å². The molecule has 1 amide bonds. The maximum Gasteiger partial charge on any atom is 0.416 e. The van der Waals surface area contributed by atoms with E-state index in [4.69, 9.17) is 0 Å². The van der Waals surface area contributed by atoms with Gasteiger partial charge in [-0.25, -0.2) is 0 Å². The van der Waals surface area contributed by atoms with E-state index < -0.39 is 11.7 Å². The lowest BCUT2D eigenvalue weighted by Crippen LogP contribution is -3.08. The van der Waals surface area contributed by atoms with Crippen molar-refractivity contribution in [3.05, 3.63) is 65.2 Å². The molecular weight excluding hydrogens is 353 g/mol. The fraction of sp³-hybridized carbons (Fsp3) is 0.381. The van der Waals surface area contributed by atoms with E-state index in [0.717, 1.165) is 40.3 Å². The Labute approximate surface area is 158 Å². The summed E-state index contributed by atoms with van der Waals surface area (Å²) in [4.78, 5) is 13.3. The van der Waals surface area contributed by atoms with Gasteiger partial charge in [-0.1, -0.05) is 44.2 Å². The molecule has 3 nitrogen and oxygen atoms in total. The molecule has 0 saturated carbocycles. The molecule has 2 rings (SSSR count). The quantitative estimate of drug-likeness (QED) is 0.752. The Kier molecular flexibility index (Phi) is 7.02. The number of likely N-dealkylation sites (N-methyl/N-ethyl adjacent to an activating group) is 1. The predicted octanol–water partition coefficient (Wildman–Crippen LogP) is 3.87. The topological polar surface area (TPSA) is 33.5 Å². The molecule has 0 fully saturated rings. The van der Waals surface area contributed by atoms with Gasteiger partial charge >= 0.3 is 6.18 Å². The highest BCUT2D eigenvalue weighted by molar-refractivity contribution is 5.92. The van der Waals surface area contributed by atoms with Gasteiger partial charge in [0.2, 0.25) is 0 Å². The van der Waals surface area contributed by atoms with Crippen LogP contribution in [0.2, 0.25) is 0 Å². The van der Waals surface area contributed by atoms with Crippen molar-refractivity contribution >= 4 is 11.6 Å². The number of carbonyl (C=O) groups is 1. The third-order valence-electron chi connectivity index (χ3n) is 4.63. The summed E-state index contributed by atoms with van der Waals surface area (Å²) in [6.07, 6.45) is -3.36. The summed E-state index contributed by atoms with van der Waals surface area (Å²) >= 11 is 0. The number of alkyl halides is 3. The Morgan fingerprint density at radius 1 is 1.11 bits per heavy atom. The zero-order valence-electron chi connectivity index (χ0n) is 15.9. The number of quaternary nitrogens is 1. The number of rotatable bonds is 7. The summed E-state index contributed by atoms with van der Waals surface area (Å²) in [6, 6.07) is 12.8. The minimum absolute atomic E-state index is 0.116. The van der Waals surface area contributed by atoms with Crippen LogP contribution in [0.15, 0.2) is 48.5 Å². The number of anilines is 1. The number of para-hydroxylation sites is 1. The van der Waals surface area contributed by atoms with Crippen LogP contribution in [0.1, 0.15) is 42.9 Å². The van der Waals surface area contributed by atoms with Gasteiger partial charge in [-0.3, -0.25) is 4.79 Å². The van der Waals surface area contributed by atoms with E-state index in [1.54, 1.807) is 0 Å². The van der Waals surface area contributed by atoms with Gasteiger partial charge in [-0.05, 0) is 36.1 Å². The smallest absolute Gasteiger partial charge is 0.326 e. The SMILES string of the molecule is CC[C@H](C)c1ccccc1NC(=O)C[NH+](C)Cc1ccc(C(F)(F)F)cc1. The van der Waals surface area contributed by atoms with Crippen LogP contribution in [0.4, 0.5) is 18.9 Å². The lowest BCUT2D eigenvalue weighted by atomic mass is 9.97. The predicted molar refractivity (Wildman–Crippen MR) is 101 cm³/mol. The van der Waals surface area contributed by atoms with E-state index in [1.165, 1.54) is 12.1 Å². The molecule has 0 aromatic heterocycles. The molecule has 0 heterocycles. The van der Waals surface area contributed by atoms with Crippen molar-refractivity contribution < 1.29 is 22.9 Å². The molecule has 2 aromatic rings. The van der Waals surface area contributed by atoms with Gasteiger partial charge in [-0.2, -0.15) is 13.2 Å². The first-order valence-electron chi connectivity index (χ1n) is 9.07. The molecule has 0 aliphatic carbocycles. The highest BCUT2D eigenvalue weighted by Gasteiger charge is 2.30. The Bertz CT molecular complexity index is 757. The summed E-state index contributed by atoms with van der Waals surface area (Å²) < 4.78 is 37.9. The molecule has 0 aliphatic heterocycles. The van der Waals surface area contributed by atoms with Crippen LogP contribution < -0.4 is 10.2 Å². The highest BCUT2D eigenvalue weighted by Crippen LogP contribution is 2.29. The Hall–Kier alpha value is -2.34. The highest BCUT2D eigenvalue weighted by atomic mass is 19.4. The number of carbonyl (C=O) groups excluding carboxylic acids is 1. The van der Waals surface area contributed by atoms with Crippen LogP contribution in [0, 0.1) is 0 Å². The maximum absolute atomic E-state index is 12.6. The zero-order valence-corrected chi connectivity index (χ0v) is 15.9. The van der Waals surface area contributed by atoms with E-state index >= 15 is 0 Å². The van der Waals surface area contributed by atoms with Crippen molar-refractivity contribution in [2.75, 3.05) is 18.9 Å².